The van der Waals surface area contributed by atoms with Crippen LogP contribution >= 0.6 is 11.6 Å². The molecule has 4 aromatic rings. The van der Waals surface area contributed by atoms with Crippen LogP contribution in [0.1, 0.15) is 48.8 Å². The highest BCUT2D eigenvalue weighted by Gasteiger charge is 2.36. The number of aryl methyl sites for hydroxylation is 1. The number of amides is 2. The number of hydrogen-bond acceptors (Lipinski definition) is 6. The number of nitrogens with one attached hydrogen (secondary N) is 1. The van der Waals surface area contributed by atoms with Crippen molar-refractivity contribution >= 4 is 39.1 Å². The van der Waals surface area contributed by atoms with Gasteiger partial charge in [-0.2, -0.15) is 0 Å². The van der Waals surface area contributed by atoms with Crippen molar-refractivity contribution in [2.24, 2.45) is 0 Å². The summed E-state index contributed by atoms with van der Waals surface area (Å²) in [5.74, 6) is -0.170. The molecule has 11 heteroatoms. The summed E-state index contributed by atoms with van der Waals surface area (Å²) in [6, 6.07) is 26.8. The van der Waals surface area contributed by atoms with Gasteiger partial charge in [0.25, 0.3) is 10.0 Å². The summed E-state index contributed by atoms with van der Waals surface area (Å²) in [7, 11) is -1.35. The Bertz CT molecular complexity index is 1860. The number of carbonyl (C=O) groups excluding carboxylic acids is 2. The van der Waals surface area contributed by atoms with Crippen LogP contribution in [0.5, 0.6) is 11.5 Å². The van der Waals surface area contributed by atoms with E-state index < -0.39 is 28.5 Å². The molecular formula is C39H44ClN3O6S. The van der Waals surface area contributed by atoms with E-state index in [1.165, 1.54) is 37.3 Å². The largest absolute Gasteiger partial charge is 0.493 e. The van der Waals surface area contributed by atoms with Crippen LogP contribution in [-0.2, 0) is 32.6 Å². The number of ether oxygens (including phenoxy) is 2. The number of benzene rings is 4. The molecule has 1 aliphatic rings. The fraction of sp³-hybridized carbons (Fsp3) is 0.333. The van der Waals surface area contributed by atoms with E-state index in [0.717, 1.165) is 47.5 Å². The molecule has 1 saturated carbocycles. The molecule has 0 saturated heterocycles. The standard InChI is InChI=1S/C39H44ClN3O6S/c1-28-18-21-33(22-19-28)50(46,47)43(32-20-23-36(48-2)37(25-32)49-3)27-38(44)42(26-30-14-10-11-17-34(30)40)35(24-29-12-6-4-7-13-29)39(45)41-31-15-8-5-9-16-31/h4,6-7,10-14,17-23,25,31,35H,5,8-9,15-16,24,26-27H2,1-3H3,(H,41,45). The SMILES string of the molecule is COc1ccc(N(CC(=O)N(Cc2ccccc2Cl)C(Cc2ccccc2)C(=O)NC2CCCCC2)S(=O)(=O)c2ccc(C)cc2)cc1OC. The summed E-state index contributed by atoms with van der Waals surface area (Å²) in [6.45, 7) is 1.25. The molecule has 264 valence electrons. The molecule has 0 spiro atoms. The molecule has 0 heterocycles. The summed E-state index contributed by atoms with van der Waals surface area (Å²) >= 11 is 6.63. The maximum Gasteiger partial charge on any atom is 0.264 e. The topological polar surface area (TPSA) is 105 Å². The maximum absolute atomic E-state index is 14.8. The zero-order valence-corrected chi connectivity index (χ0v) is 30.3. The first-order chi connectivity index (χ1) is 24.1. The lowest BCUT2D eigenvalue weighted by Crippen LogP contribution is -2.55. The Kier molecular flexibility index (Phi) is 12.4. The van der Waals surface area contributed by atoms with E-state index in [9.17, 15) is 18.0 Å². The molecule has 1 unspecified atom stereocenters. The average Bonchev–Trinajstić information content (AvgIpc) is 3.13. The van der Waals surface area contributed by atoms with E-state index in [1.54, 1.807) is 42.5 Å². The van der Waals surface area contributed by atoms with Crippen LogP contribution in [0.2, 0.25) is 5.02 Å². The van der Waals surface area contributed by atoms with Crippen molar-refractivity contribution < 1.29 is 27.5 Å². The second-order valence-corrected chi connectivity index (χ2v) is 14.8. The van der Waals surface area contributed by atoms with E-state index in [-0.39, 0.29) is 35.5 Å². The van der Waals surface area contributed by atoms with Crippen molar-refractivity contribution in [2.45, 2.75) is 69.0 Å². The molecule has 50 heavy (non-hydrogen) atoms. The van der Waals surface area contributed by atoms with Gasteiger partial charge < -0.3 is 19.7 Å². The lowest BCUT2D eigenvalue weighted by molar-refractivity contribution is -0.140. The predicted molar refractivity (Wildman–Crippen MR) is 196 cm³/mol. The van der Waals surface area contributed by atoms with Crippen LogP contribution in [0.3, 0.4) is 0 Å². The van der Waals surface area contributed by atoms with Crippen molar-refractivity contribution in [2.75, 3.05) is 25.1 Å². The monoisotopic (exact) mass is 717 g/mol. The van der Waals surface area contributed by atoms with Gasteiger partial charge in [-0.3, -0.25) is 13.9 Å². The van der Waals surface area contributed by atoms with Crippen molar-refractivity contribution in [3.8, 4) is 11.5 Å². The third kappa shape index (κ3) is 8.97. The normalized spacial score (nSPS) is 14.0. The molecule has 0 aliphatic heterocycles. The third-order valence-corrected chi connectivity index (χ3v) is 11.2. The second kappa shape index (κ2) is 16.9. The summed E-state index contributed by atoms with van der Waals surface area (Å²) in [5, 5.41) is 3.65. The smallest absolute Gasteiger partial charge is 0.264 e. The third-order valence-electron chi connectivity index (χ3n) is 9.06. The number of halogens is 1. The highest BCUT2D eigenvalue weighted by Crippen LogP contribution is 2.34. The first-order valence-corrected chi connectivity index (χ1v) is 18.6. The number of carbonyl (C=O) groups is 2. The molecule has 5 rings (SSSR count). The van der Waals surface area contributed by atoms with Crippen LogP contribution in [0.15, 0.2) is 102 Å². The van der Waals surface area contributed by atoms with Crippen LogP contribution in [0.4, 0.5) is 5.69 Å². The highest BCUT2D eigenvalue weighted by atomic mass is 35.5. The van der Waals surface area contributed by atoms with Gasteiger partial charge >= 0.3 is 0 Å². The minimum atomic E-state index is -4.29. The van der Waals surface area contributed by atoms with Gasteiger partial charge in [0.2, 0.25) is 11.8 Å². The van der Waals surface area contributed by atoms with Crippen molar-refractivity contribution in [3.05, 3.63) is 119 Å². The molecular weight excluding hydrogens is 674 g/mol. The van der Waals surface area contributed by atoms with Crippen LogP contribution in [-0.4, -0.2) is 58.0 Å². The van der Waals surface area contributed by atoms with E-state index in [0.29, 0.717) is 22.1 Å². The summed E-state index contributed by atoms with van der Waals surface area (Å²) < 4.78 is 40.8. The molecule has 2 amide bonds. The lowest BCUT2D eigenvalue weighted by atomic mass is 9.94. The molecule has 9 nitrogen and oxygen atoms in total. The van der Waals surface area contributed by atoms with E-state index >= 15 is 0 Å². The number of sulfonamides is 1. The molecule has 1 fully saturated rings. The minimum Gasteiger partial charge on any atom is -0.493 e. The van der Waals surface area contributed by atoms with Crippen molar-refractivity contribution in [3.63, 3.8) is 0 Å². The van der Waals surface area contributed by atoms with Crippen molar-refractivity contribution in [1.29, 1.82) is 0 Å². The van der Waals surface area contributed by atoms with E-state index in [2.05, 4.69) is 5.32 Å². The van der Waals surface area contributed by atoms with Gasteiger partial charge in [0.05, 0.1) is 24.8 Å². The molecule has 0 bridgehead atoms. The lowest BCUT2D eigenvalue weighted by Gasteiger charge is -2.35. The summed E-state index contributed by atoms with van der Waals surface area (Å²) in [4.78, 5) is 30.6. The van der Waals surface area contributed by atoms with Gasteiger partial charge in [-0.15, -0.1) is 0 Å². The first kappa shape index (κ1) is 36.7. The Balaban J connectivity index is 1.60. The highest BCUT2D eigenvalue weighted by molar-refractivity contribution is 7.92. The van der Waals surface area contributed by atoms with Crippen LogP contribution in [0, 0.1) is 6.92 Å². The summed E-state index contributed by atoms with van der Waals surface area (Å²) in [5.41, 5.74) is 2.57. The fourth-order valence-corrected chi connectivity index (χ4v) is 7.86. The average molecular weight is 718 g/mol. The van der Waals surface area contributed by atoms with Crippen LogP contribution < -0.4 is 19.1 Å². The Morgan fingerprint density at radius 1 is 0.860 bits per heavy atom. The van der Waals surface area contributed by atoms with Gasteiger partial charge in [0.15, 0.2) is 11.5 Å². The number of hydrogen-bond donors (Lipinski definition) is 1. The predicted octanol–water partition coefficient (Wildman–Crippen LogP) is 6.95. The number of methoxy groups -OCH3 is 2. The maximum atomic E-state index is 14.8. The Labute approximate surface area is 300 Å². The zero-order valence-electron chi connectivity index (χ0n) is 28.7. The quantitative estimate of drug-likeness (QED) is 0.151. The van der Waals surface area contributed by atoms with Gasteiger partial charge in [-0.25, -0.2) is 8.42 Å². The molecule has 1 atom stereocenters. The molecule has 1 aliphatic carbocycles. The summed E-state index contributed by atoms with van der Waals surface area (Å²) in [6.07, 6.45) is 5.12. The number of rotatable bonds is 14. The number of nitrogens with zero attached hydrogens (tertiary/aromatic N) is 2. The van der Waals surface area contributed by atoms with Crippen LogP contribution in [0.25, 0.3) is 0 Å². The Morgan fingerprint density at radius 3 is 2.18 bits per heavy atom. The van der Waals surface area contributed by atoms with Gasteiger partial charge in [-0.05, 0) is 61.2 Å². The van der Waals surface area contributed by atoms with Crippen molar-refractivity contribution in [1.82, 2.24) is 10.2 Å². The minimum absolute atomic E-state index is 0.00281. The Morgan fingerprint density at radius 2 is 1.52 bits per heavy atom. The molecule has 1 N–H and O–H groups in total. The fourth-order valence-electron chi connectivity index (χ4n) is 6.25. The molecule has 0 aromatic heterocycles. The number of anilines is 1. The second-order valence-electron chi connectivity index (χ2n) is 12.5. The van der Waals surface area contributed by atoms with Gasteiger partial charge in [0.1, 0.15) is 12.6 Å². The van der Waals surface area contributed by atoms with E-state index in [1.807, 2.05) is 43.3 Å². The zero-order chi connectivity index (χ0) is 35.7. The Hall–Kier alpha value is -4.54. The molecule has 4 aromatic carbocycles. The molecule has 0 radical (unpaired) electrons. The van der Waals surface area contributed by atoms with Gasteiger partial charge in [0, 0.05) is 30.1 Å². The van der Waals surface area contributed by atoms with Gasteiger partial charge in [-0.1, -0.05) is 97.1 Å². The first-order valence-electron chi connectivity index (χ1n) is 16.8. The van der Waals surface area contributed by atoms with E-state index in [4.69, 9.17) is 21.1 Å².